The number of rotatable bonds is 4. The first-order chi connectivity index (χ1) is 14.8. The van der Waals surface area contributed by atoms with Crippen LogP contribution >= 0.6 is 11.3 Å². The van der Waals surface area contributed by atoms with Gasteiger partial charge in [0.05, 0.1) is 18.2 Å². The third-order valence-electron chi connectivity index (χ3n) is 5.91. The number of piperidine rings is 1. The van der Waals surface area contributed by atoms with E-state index in [0.717, 1.165) is 55.8 Å². The normalized spacial score (nSPS) is 20.0. The molecule has 2 aliphatic rings. The van der Waals surface area contributed by atoms with E-state index in [-0.39, 0.29) is 5.41 Å². The maximum atomic E-state index is 12.5. The van der Waals surface area contributed by atoms with Crippen molar-refractivity contribution in [3.8, 4) is 10.7 Å². The highest BCUT2D eigenvalue weighted by molar-refractivity contribution is 7.12. The zero-order valence-electron chi connectivity index (χ0n) is 16.7. The summed E-state index contributed by atoms with van der Waals surface area (Å²) in [4.78, 5) is 13.1. The fourth-order valence-electron chi connectivity index (χ4n) is 4.04. The molecule has 2 aliphatic heterocycles. The summed E-state index contributed by atoms with van der Waals surface area (Å²) in [5.41, 5.74) is 12.4. The van der Waals surface area contributed by atoms with E-state index in [1.807, 2.05) is 4.90 Å². The Balaban J connectivity index is 1.37. The Morgan fingerprint density at radius 1 is 1.10 bits per heavy atom. The largest absolute Gasteiger partial charge is 0.430 e. The average Bonchev–Trinajstić information content (AvgIpc) is 3.43. The highest BCUT2D eigenvalue weighted by atomic mass is 32.1. The summed E-state index contributed by atoms with van der Waals surface area (Å²) < 4.78 is 37.6. The molecule has 0 atom stereocenters. The molecule has 31 heavy (non-hydrogen) atoms. The predicted molar refractivity (Wildman–Crippen MR) is 112 cm³/mol. The van der Waals surface area contributed by atoms with E-state index >= 15 is 0 Å². The van der Waals surface area contributed by atoms with E-state index in [9.17, 15) is 13.2 Å². The van der Waals surface area contributed by atoms with Crippen molar-refractivity contribution in [2.45, 2.75) is 25.4 Å². The Morgan fingerprint density at radius 3 is 2.52 bits per heavy atom. The van der Waals surface area contributed by atoms with Gasteiger partial charge in [0.2, 0.25) is 0 Å². The molecule has 4 N–H and O–H groups in total. The molecule has 2 aromatic heterocycles. The smallest absolute Gasteiger partial charge is 0.395 e. The maximum absolute atomic E-state index is 12.5. The molecular weight excluding hydrogens is 429 g/mol. The molecule has 0 amide bonds. The molecule has 8 nitrogen and oxygen atoms in total. The lowest BCUT2D eigenvalue weighted by Crippen LogP contribution is -2.42. The summed E-state index contributed by atoms with van der Waals surface area (Å²) in [5, 5.41) is 8.62. The molecule has 1 spiro atoms. The van der Waals surface area contributed by atoms with E-state index in [4.69, 9.17) is 11.5 Å². The summed E-state index contributed by atoms with van der Waals surface area (Å²) in [5.74, 6) is 1.12. The van der Waals surface area contributed by atoms with Crippen LogP contribution < -0.4 is 16.4 Å². The van der Waals surface area contributed by atoms with Crippen molar-refractivity contribution in [2.75, 3.05) is 31.1 Å². The molecule has 0 radical (unpaired) electrons. The van der Waals surface area contributed by atoms with Crippen molar-refractivity contribution in [1.29, 1.82) is 0 Å². The first-order valence-electron chi connectivity index (χ1n) is 9.84. The second-order valence-corrected chi connectivity index (χ2v) is 8.71. The Kier molecular flexibility index (Phi) is 5.73. The van der Waals surface area contributed by atoms with Crippen LogP contribution in [0.5, 0.6) is 0 Å². The summed E-state index contributed by atoms with van der Waals surface area (Å²) in [6.07, 6.45) is 3.79. The summed E-state index contributed by atoms with van der Waals surface area (Å²) in [6.45, 7) is 3.09. The Labute approximate surface area is 181 Å². The molecule has 166 valence electrons. The van der Waals surface area contributed by atoms with E-state index in [1.54, 1.807) is 17.9 Å². The van der Waals surface area contributed by atoms with Gasteiger partial charge in [0.1, 0.15) is 22.7 Å². The van der Waals surface area contributed by atoms with Crippen LogP contribution in [0.4, 0.5) is 19.0 Å². The number of nitrogens with two attached hydrogens (primary N) is 2. The van der Waals surface area contributed by atoms with Gasteiger partial charge in [-0.25, -0.2) is 4.98 Å². The van der Waals surface area contributed by atoms with Crippen LogP contribution in [0.2, 0.25) is 0 Å². The number of hydrogen-bond acceptors (Lipinski definition) is 9. The lowest BCUT2D eigenvalue weighted by atomic mass is 9.78. The van der Waals surface area contributed by atoms with Crippen LogP contribution in [0.15, 0.2) is 41.6 Å². The van der Waals surface area contributed by atoms with Crippen LogP contribution in [0, 0.1) is 5.41 Å². The number of alkyl halides is 3. The number of nitrogens with zero attached hydrogens (tertiary/aromatic N) is 6. The maximum Gasteiger partial charge on any atom is 0.430 e. The minimum absolute atomic E-state index is 0.0957. The standard InChI is InChI=1S/C19H23F3N8S/c20-19(21,22)14(23)1-2-15(24)30-8-5-18(11-30)3-6-29(7-4-18)16-10-25-9-13(27-16)17-28-26-12-31-17/h1-2,9-10,12H,3-8,11,23-24H2/b14-1-,15-2+. The lowest BCUT2D eigenvalue weighted by Gasteiger charge is -2.39. The fourth-order valence-corrected chi connectivity index (χ4v) is 4.55. The minimum atomic E-state index is -4.55. The number of aromatic nitrogens is 4. The van der Waals surface area contributed by atoms with Crippen LogP contribution in [0.25, 0.3) is 10.7 Å². The van der Waals surface area contributed by atoms with Crippen molar-refractivity contribution in [3.63, 3.8) is 0 Å². The zero-order chi connectivity index (χ0) is 22.1. The van der Waals surface area contributed by atoms with Crippen molar-refractivity contribution in [2.24, 2.45) is 16.9 Å². The molecule has 2 saturated heterocycles. The van der Waals surface area contributed by atoms with Gasteiger partial charge in [0.25, 0.3) is 0 Å². The van der Waals surface area contributed by atoms with Crippen LogP contribution in [0.1, 0.15) is 19.3 Å². The third kappa shape index (κ3) is 4.73. The first kappa shape index (κ1) is 21.3. The second kappa shape index (κ2) is 8.33. The summed E-state index contributed by atoms with van der Waals surface area (Å²) in [6, 6.07) is 0. The van der Waals surface area contributed by atoms with Crippen molar-refractivity contribution >= 4 is 17.2 Å². The molecule has 2 aromatic rings. The fraction of sp³-hybridized carbons (Fsp3) is 0.474. The molecule has 0 bridgehead atoms. The molecule has 4 heterocycles. The lowest BCUT2D eigenvalue weighted by molar-refractivity contribution is -0.0926. The minimum Gasteiger partial charge on any atom is -0.395 e. The molecule has 0 aromatic carbocycles. The van der Waals surface area contributed by atoms with Gasteiger partial charge in [-0.2, -0.15) is 13.2 Å². The average molecular weight is 453 g/mol. The second-order valence-electron chi connectivity index (χ2n) is 7.88. The quantitative estimate of drug-likeness (QED) is 0.681. The van der Waals surface area contributed by atoms with Gasteiger partial charge in [-0.1, -0.05) is 11.3 Å². The molecule has 12 heteroatoms. The highest BCUT2D eigenvalue weighted by Crippen LogP contribution is 2.41. The van der Waals surface area contributed by atoms with E-state index in [2.05, 4.69) is 25.1 Å². The molecule has 0 unspecified atom stereocenters. The number of anilines is 1. The Morgan fingerprint density at radius 2 is 1.84 bits per heavy atom. The number of hydrogen-bond donors (Lipinski definition) is 2. The predicted octanol–water partition coefficient (Wildman–Crippen LogP) is 2.49. The van der Waals surface area contributed by atoms with Gasteiger partial charge in [0.15, 0.2) is 5.01 Å². The van der Waals surface area contributed by atoms with Crippen LogP contribution in [0.3, 0.4) is 0 Å². The van der Waals surface area contributed by atoms with Gasteiger partial charge < -0.3 is 21.3 Å². The third-order valence-corrected chi connectivity index (χ3v) is 6.63. The summed E-state index contributed by atoms with van der Waals surface area (Å²) >= 11 is 1.42. The number of likely N-dealkylation sites (tertiary alicyclic amines) is 1. The van der Waals surface area contributed by atoms with Gasteiger partial charge in [-0.05, 0) is 36.8 Å². The first-order valence-corrected chi connectivity index (χ1v) is 10.7. The molecule has 2 fully saturated rings. The van der Waals surface area contributed by atoms with Crippen LogP contribution in [-0.2, 0) is 0 Å². The number of allylic oxidation sites excluding steroid dienone is 3. The summed E-state index contributed by atoms with van der Waals surface area (Å²) in [7, 11) is 0. The number of halogens is 3. The Bertz CT molecular complexity index is 965. The molecule has 4 rings (SSSR count). The molecule has 0 aliphatic carbocycles. The Hall–Kier alpha value is -2.89. The SMILES string of the molecule is N/C(=C\C=C(/N)N1CCC2(CCN(c3cncc(-c4nncs4)n3)CC2)C1)C(F)(F)F. The van der Waals surface area contributed by atoms with Crippen LogP contribution in [-0.4, -0.2) is 57.4 Å². The van der Waals surface area contributed by atoms with Gasteiger partial charge in [-0.15, -0.1) is 10.2 Å². The van der Waals surface area contributed by atoms with Crippen molar-refractivity contribution in [1.82, 2.24) is 25.1 Å². The highest BCUT2D eigenvalue weighted by Gasteiger charge is 2.41. The topological polar surface area (TPSA) is 110 Å². The molecular formula is C19H23F3N8S. The monoisotopic (exact) mass is 452 g/mol. The molecule has 0 saturated carbocycles. The van der Waals surface area contributed by atoms with E-state index < -0.39 is 11.9 Å². The van der Waals surface area contributed by atoms with Gasteiger partial charge >= 0.3 is 6.18 Å². The van der Waals surface area contributed by atoms with Gasteiger partial charge in [-0.3, -0.25) is 4.98 Å². The van der Waals surface area contributed by atoms with E-state index in [1.165, 1.54) is 17.4 Å². The zero-order valence-corrected chi connectivity index (χ0v) is 17.5. The van der Waals surface area contributed by atoms with Gasteiger partial charge in [0, 0.05) is 26.2 Å². The van der Waals surface area contributed by atoms with Crippen molar-refractivity contribution in [3.05, 3.63) is 41.6 Å². The van der Waals surface area contributed by atoms with Crippen molar-refractivity contribution < 1.29 is 13.2 Å². The van der Waals surface area contributed by atoms with E-state index in [0.29, 0.717) is 18.1 Å².